The largest absolute Gasteiger partial charge is 0.416 e. The molecular formula is C17H16F3NO. The molecule has 116 valence electrons. The summed E-state index contributed by atoms with van der Waals surface area (Å²) in [5.41, 5.74) is 7.12. The molecule has 0 aliphatic heterocycles. The van der Waals surface area contributed by atoms with Crippen LogP contribution in [-0.4, -0.2) is 5.91 Å². The van der Waals surface area contributed by atoms with Crippen LogP contribution in [-0.2, 0) is 11.0 Å². The van der Waals surface area contributed by atoms with E-state index in [1.807, 2.05) is 31.2 Å². The first kappa shape index (κ1) is 16.1. The quantitative estimate of drug-likeness (QED) is 0.911. The third kappa shape index (κ3) is 3.87. The molecule has 0 aliphatic carbocycles. The number of nitrogens with two attached hydrogens (primary N) is 1. The van der Waals surface area contributed by atoms with E-state index < -0.39 is 17.6 Å². The number of hydrogen-bond acceptors (Lipinski definition) is 1. The van der Waals surface area contributed by atoms with Crippen molar-refractivity contribution in [2.24, 2.45) is 5.73 Å². The number of alkyl halides is 3. The lowest BCUT2D eigenvalue weighted by Crippen LogP contribution is -2.16. The molecule has 0 heterocycles. The first-order valence-corrected chi connectivity index (χ1v) is 6.79. The number of primary amides is 1. The molecule has 1 unspecified atom stereocenters. The normalized spacial score (nSPS) is 12.9. The molecule has 0 bridgehead atoms. The van der Waals surface area contributed by atoms with Crippen molar-refractivity contribution >= 4 is 5.91 Å². The monoisotopic (exact) mass is 307 g/mol. The second kappa shape index (κ2) is 6.22. The Hall–Kier alpha value is -2.30. The smallest absolute Gasteiger partial charge is 0.370 e. The van der Waals surface area contributed by atoms with E-state index in [2.05, 4.69) is 0 Å². The van der Waals surface area contributed by atoms with Crippen LogP contribution in [0.25, 0.3) is 0 Å². The molecule has 2 N–H and O–H groups in total. The van der Waals surface area contributed by atoms with Crippen molar-refractivity contribution in [1.29, 1.82) is 0 Å². The number of aryl methyl sites for hydroxylation is 1. The SMILES string of the molecule is Cc1ccc(C(CC(N)=O)c2ccc(C(F)(F)F)cc2)cc1. The van der Waals surface area contributed by atoms with Crippen LogP contribution in [0.3, 0.4) is 0 Å². The van der Waals surface area contributed by atoms with Crippen LogP contribution < -0.4 is 5.73 Å². The highest BCUT2D eigenvalue weighted by atomic mass is 19.4. The van der Waals surface area contributed by atoms with E-state index >= 15 is 0 Å². The Kier molecular flexibility index (Phi) is 4.54. The van der Waals surface area contributed by atoms with Gasteiger partial charge < -0.3 is 5.73 Å². The van der Waals surface area contributed by atoms with Gasteiger partial charge in [-0.3, -0.25) is 4.79 Å². The fraction of sp³-hybridized carbons (Fsp3) is 0.235. The Labute approximate surface area is 126 Å². The zero-order chi connectivity index (χ0) is 16.3. The molecule has 2 rings (SSSR count). The van der Waals surface area contributed by atoms with E-state index in [1.165, 1.54) is 12.1 Å². The van der Waals surface area contributed by atoms with Crippen LogP contribution in [0.5, 0.6) is 0 Å². The first-order valence-electron chi connectivity index (χ1n) is 6.79. The molecule has 0 saturated carbocycles. The Morgan fingerprint density at radius 2 is 1.45 bits per heavy atom. The number of amides is 1. The van der Waals surface area contributed by atoms with Crippen molar-refractivity contribution in [3.63, 3.8) is 0 Å². The molecule has 0 radical (unpaired) electrons. The maximum absolute atomic E-state index is 12.6. The molecule has 0 aliphatic rings. The van der Waals surface area contributed by atoms with Crippen molar-refractivity contribution in [2.45, 2.75) is 25.4 Å². The van der Waals surface area contributed by atoms with Crippen LogP contribution in [0.4, 0.5) is 13.2 Å². The third-order valence-electron chi connectivity index (χ3n) is 3.53. The Bertz CT molecular complexity index is 645. The predicted octanol–water partition coefficient (Wildman–Crippen LogP) is 4.02. The van der Waals surface area contributed by atoms with Gasteiger partial charge in [0, 0.05) is 12.3 Å². The van der Waals surface area contributed by atoms with Crippen LogP contribution >= 0.6 is 0 Å². The minimum Gasteiger partial charge on any atom is -0.370 e. The van der Waals surface area contributed by atoms with Crippen molar-refractivity contribution < 1.29 is 18.0 Å². The summed E-state index contributed by atoms with van der Waals surface area (Å²) in [5.74, 6) is -0.842. The Morgan fingerprint density at radius 3 is 1.86 bits per heavy atom. The third-order valence-corrected chi connectivity index (χ3v) is 3.53. The van der Waals surface area contributed by atoms with E-state index in [9.17, 15) is 18.0 Å². The second-order valence-electron chi connectivity index (χ2n) is 5.25. The summed E-state index contributed by atoms with van der Waals surface area (Å²) in [6.07, 6.45) is -4.32. The zero-order valence-corrected chi connectivity index (χ0v) is 12.0. The zero-order valence-electron chi connectivity index (χ0n) is 12.0. The van der Waals surface area contributed by atoms with E-state index in [-0.39, 0.29) is 12.3 Å². The maximum atomic E-state index is 12.6. The van der Waals surface area contributed by atoms with Gasteiger partial charge in [-0.05, 0) is 30.2 Å². The summed E-state index contributed by atoms with van der Waals surface area (Å²) in [4.78, 5) is 11.3. The van der Waals surface area contributed by atoms with Gasteiger partial charge in [-0.1, -0.05) is 42.0 Å². The maximum Gasteiger partial charge on any atom is 0.416 e. The summed E-state index contributed by atoms with van der Waals surface area (Å²) < 4.78 is 37.9. The molecule has 0 fully saturated rings. The second-order valence-corrected chi connectivity index (χ2v) is 5.25. The van der Waals surface area contributed by atoms with Crippen LogP contribution in [0, 0.1) is 6.92 Å². The fourth-order valence-corrected chi connectivity index (χ4v) is 2.33. The first-order chi connectivity index (χ1) is 10.3. The van der Waals surface area contributed by atoms with Crippen LogP contribution in [0.2, 0.25) is 0 Å². The average Bonchev–Trinajstić information content (AvgIpc) is 2.45. The summed E-state index contributed by atoms with van der Waals surface area (Å²) >= 11 is 0. The number of carbonyl (C=O) groups is 1. The summed E-state index contributed by atoms with van der Waals surface area (Å²) in [7, 11) is 0. The molecule has 1 atom stereocenters. The molecule has 0 saturated heterocycles. The minimum atomic E-state index is -4.37. The molecule has 0 aromatic heterocycles. The molecule has 2 aromatic rings. The molecule has 1 amide bonds. The summed E-state index contributed by atoms with van der Waals surface area (Å²) in [6, 6.07) is 12.4. The number of benzene rings is 2. The van der Waals surface area contributed by atoms with E-state index in [0.29, 0.717) is 5.56 Å². The van der Waals surface area contributed by atoms with E-state index in [0.717, 1.165) is 23.3 Å². The Morgan fingerprint density at radius 1 is 1.00 bits per heavy atom. The topological polar surface area (TPSA) is 43.1 Å². The molecule has 5 heteroatoms. The summed E-state index contributed by atoms with van der Waals surface area (Å²) in [5, 5.41) is 0. The molecule has 2 nitrogen and oxygen atoms in total. The van der Waals surface area contributed by atoms with Crippen LogP contribution in [0.15, 0.2) is 48.5 Å². The highest BCUT2D eigenvalue weighted by Crippen LogP contribution is 2.33. The fourth-order valence-electron chi connectivity index (χ4n) is 2.33. The van der Waals surface area contributed by atoms with Crippen molar-refractivity contribution in [1.82, 2.24) is 0 Å². The van der Waals surface area contributed by atoms with Gasteiger partial charge in [0.2, 0.25) is 5.91 Å². The van der Waals surface area contributed by atoms with E-state index in [1.54, 1.807) is 0 Å². The van der Waals surface area contributed by atoms with Gasteiger partial charge in [0.1, 0.15) is 0 Å². The van der Waals surface area contributed by atoms with Gasteiger partial charge in [-0.15, -0.1) is 0 Å². The average molecular weight is 307 g/mol. The lowest BCUT2D eigenvalue weighted by molar-refractivity contribution is -0.137. The number of rotatable bonds is 4. The van der Waals surface area contributed by atoms with Gasteiger partial charge in [0.25, 0.3) is 0 Å². The number of halogens is 3. The van der Waals surface area contributed by atoms with Crippen molar-refractivity contribution in [3.8, 4) is 0 Å². The molecule has 2 aromatic carbocycles. The van der Waals surface area contributed by atoms with E-state index in [4.69, 9.17) is 5.73 Å². The van der Waals surface area contributed by atoms with Crippen LogP contribution in [0.1, 0.15) is 34.6 Å². The molecular weight excluding hydrogens is 291 g/mol. The highest BCUT2D eigenvalue weighted by molar-refractivity contribution is 5.75. The molecule has 0 spiro atoms. The van der Waals surface area contributed by atoms with Gasteiger partial charge in [-0.2, -0.15) is 13.2 Å². The number of carbonyl (C=O) groups excluding carboxylic acids is 1. The van der Waals surface area contributed by atoms with Gasteiger partial charge in [0.05, 0.1) is 5.56 Å². The minimum absolute atomic E-state index is 0.0500. The van der Waals surface area contributed by atoms with Gasteiger partial charge in [0.15, 0.2) is 0 Å². The summed E-state index contributed by atoms with van der Waals surface area (Å²) in [6.45, 7) is 1.94. The number of hydrogen-bond donors (Lipinski definition) is 1. The van der Waals surface area contributed by atoms with Crippen molar-refractivity contribution in [3.05, 3.63) is 70.8 Å². The van der Waals surface area contributed by atoms with Gasteiger partial charge >= 0.3 is 6.18 Å². The Balaban J connectivity index is 2.37. The molecule has 22 heavy (non-hydrogen) atoms. The van der Waals surface area contributed by atoms with Gasteiger partial charge in [-0.25, -0.2) is 0 Å². The van der Waals surface area contributed by atoms with Crippen molar-refractivity contribution in [2.75, 3.05) is 0 Å². The predicted molar refractivity (Wildman–Crippen MR) is 78.3 cm³/mol. The highest BCUT2D eigenvalue weighted by Gasteiger charge is 2.30. The lowest BCUT2D eigenvalue weighted by atomic mass is 9.87. The standard InChI is InChI=1S/C17H16F3NO/c1-11-2-4-12(5-3-11)15(10-16(21)22)13-6-8-14(9-7-13)17(18,19)20/h2-9,15H,10H2,1H3,(H2,21,22). The lowest BCUT2D eigenvalue weighted by Gasteiger charge is -2.17.